The molecule has 2 aliphatic rings. The quantitative estimate of drug-likeness (QED) is 0.215. The molecule has 2 aliphatic heterocycles. The zero-order valence-electron chi connectivity index (χ0n) is 15.4. The van der Waals surface area contributed by atoms with E-state index in [-0.39, 0.29) is 0 Å². The predicted octanol–water partition coefficient (Wildman–Crippen LogP) is 9.90. The van der Waals surface area contributed by atoms with Crippen LogP contribution in [0, 0.1) is 0 Å². The average molecular weight is 631 g/mol. The number of hydrogen-bond acceptors (Lipinski definition) is 6. The molecule has 0 spiro atoms. The van der Waals surface area contributed by atoms with Crippen LogP contribution in [0.3, 0.4) is 0 Å². The Labute approximate surface area is 216 Å². The second-order valence-electron chi connectivity index (χ2n) is 7.12. The first kappa shape index (κ1) is 20.8. The SMILES string of the molecule is Brc1ccsc1CC1=CC2SC(c3cc4sc(Cc5sccc5Br)cc4s3)=CC2S1. The number of rotatable bonds is 5. The first-order chi connectivity index (χ1) is 14.6. The van der Waals surface area contributed by atoms with Crippen molar-refractivity contribution < 1.29 is 0 Å². The highest BCUT2D eigenvalue weighted by molar-refractivity contribution is 9.10. The normalized spacial score (nSPS) is 20.7. The zero-order valence-corrected chi connectivity index (χ0v) is 23.5. The van der Waals surface area contributed by atoms with E-state index in [0.29, 0.717) is 10.5 Å². The average Bonchev–Trinajstić information content (AvgIpc) is 3.49. The first-order valence-corrected chi connectivity index (χ1v) is 16.1. The lowest BCUT2D eigenvalue weighted by Gasteiger charge is -2.04. The van der Waals surface area contributed by atoms with Gasteiger partial charge in [-0.1, -0.05) is 12.2 Å². The van der Waals surface area contributed by atoms with Crippen LogP contribution in [-0.4, -0.2) is 10.5 Å². The van der Waals surface area contributed by atoms with E-state index in [0.717, 1.165) is 12.8 Å². The fourth-order valence-electron chi connectivity index (χ4n) is 3.68. The molecule has 0 radical (unpaired) electrons. The predicted molar refractivity (Wildman–Crippen MR) is 149 cm³/mol. The molecular formula is C22H14Br2S6. The molecule has 4 aromatic heterocycles. The number of thioether (sulfide) groups is 2. The summed E-state index contributed by atoms with van der Waals surface area (Å²) < 4.78 is 5.35. The number of allylic oxidation sites excluding steroid dienone is 1. The summed E-state index contributed by atoms with van der Waals surface area (Å²) in [5.41, 5.74) is 0. The third kappa shape index (κ3) is 4.00. The van der Waals surface area contributed by atoms with Crippen LogP contribution in [0.15, 0.2) is 61.0 Å². The highest BCUT2D eigenvalue weighted by Gasteiger charge is 2.34. The largest absolute Gasteiger partial charge is 0.147 e. The minimum absolute atomic E-state index is 0.589. The summed E-state index contributed by atoms with van der Waals surface area (Å²) in [5, 5.41) is 5.50. The van der Waals surface area contributed by atoms with Gasteiger partial charge in [-0.2, -0.15) is 0 Å². The third-order valence-electron chi connectivity index (χ3n) is 5.09. The molecule has 0 aliphatic carbocycles. The maximum Gasteiger partial charge on any atom is 0.0460 e. The van der Waals surface area contributed by atoms with E-state index in [2.05, 4.69) is 90.8 Å². The summed E-state index contributed by atoms with van der Waals surface area (Å²) in [6, 6.07) is 9.11. The van der Waals surface area contributed by atoms with Gasteiger partial charge in [0.15, 0.2) is 0 Å². The van der Waals surface area contributed by atoms with E-state index >= 15 is 0 Å². The number of fused-ring (bicyclic) bond motifs is 2. The smallest absolute Gasteiger partial charge is 0.0460 e. The summed E-state index contributed by atoms with van der Waals surface area (Å²) >= 11 is 19.0. The van der Waals surface area contributed by atoms with Crippen LogP contribution in [0.4, 0.5) is 0 Å². The molecule has 6 heterocycles. The zero-order chi connectivity index (χ0) is 20.2. The molecule has 2 unspecified atom stereocenters. The van der Waals surface area contributed by atoms with Crippen molar-refractivity contribution in [2.45, 2.75) is 23.3 Å². The molecule has 0 aromatic carbocycles. The second kappa shape index (κ2) is 8.52. The van der Waals surface area contributed by atoms with Crippen LogP contribution < -0.4 is 0 Å². The van der Waals surface area contributed by atoms with Gasteiger partial charge in [0.05, 0.1) is 0 Å². The molecule has 30 heavy (non-hydrogen) atoms. The van der Waals surface area contributed by atoms with Crippen molar-refractivity contribution in [1.29, 1.82) is 0 Å². The van der Waals surface area contributed by atoms with Crippen LogP contribution in [-0.2, 0) is 12.8 Å². The highest BCUT2D eigenvalue weighted by Crippen LogP contribution is 2.53. The molecule has 0 saturated carbocycles. The molecule has 152 valence electrons. The molecule has 0 bridgehead atoms. The van der Waals surface area contributed by atoms with Crippen molar-refractivity contribution in [3.05, 3.63) is 80.5 Å². The molecule has 0 nitrogen and oxygen atoms in total. The Morgan fingerprint density at radius 1 is 0.767 bits per heavy atom. The van der Waals surface area contributed by atoms with Gasteiger partial charge in [0.25, 0.3) is 0 Å². The minimum Gasteiger partial charge on any atom is -0.147 e. The monoisotopic (exact) mass is 628 g/mol. The summed E-state index contributed by atoms with van der Waals surface area (Å²) in [6.07, 6.45) is 7.11. The Kier molecular flexibility index (Phi) is 5.90. The van der Waals surface area contributed by atoms with E-state index in [1.54, 1.807) is 0 Å². The van der Waals surface area contributed by atoms with Crippen molar-refractivity contribution in [2.24, 2.45) is 0 Å². The van der Waals surface area contributed by atoms with Gasteiger partial charge in [0.1, 0.15) is 0 Å². The highest BCUT2D eigenvalue weighted by atomic mass is 79.9. The Morgan fingerprint density at radius 2 is 1.47 bits per heavy atom. The Bertz CT molecular complexity index is 1270. The van der Waals surface area contributed by atoms with Crippen molar-refractivity contribution in [1.82, 2.24) is 0 Å². The summed E-state index contributed by atoms with van der Waals surface area (Å²) in [6.45, 7) is 0. The van der Waals surface area contributed by atoms with Gasteiger partial charge in [-0.15, -0.1) is 68.9 Å². The summed E-state index contributed by atoms with van der Waals surface area (Å²) in [4.78, 5) is 8.75. The van der Waals surface area contributed by atoms with Gasteiger partial charge >= 0.3 is 0 Å². The van der Waals surface area contributed by atoms with Gasteiger partial charge < -0.3 is 0 Å². The molecule has 0 N–H and O–H groups in total. The number of hydrogen-bond donors (Lipinski definition) is 0. The van der Waals surface area contributed by atoms with Crippen molar-refractivity contribution in [3.63, 3.8) is 0 Å². The topological polar surface area (TPSA) is 0 Å². The molecule has 4 aromatic rings. The second-order valence-corrected chi connectivity index (χ2v) is 15.6. The van der Waals surface area contributed by atoms with Crippen molar-refractivity contribution in [3.8, 4) is 0 Å². The van der Waals surface area contributed by atoms with Crippen molar-refractivity contribution in [2.75, 3.05) is 0 Å². The van der Waals surface area contributed by atoms with Gasteiger partial charge in [0, 0.05) is 66.1 Å². The van der Waals surface area contributed by atoms with Gasteiger partial charge in [-0.05, 0) is 71.8 Å². The minimum atomic E-state index is 0.589. The van der Waals surface area contributed by atoms with Crippen molar-refractivity contribution >= 4 is 115 Å². The molecule has 0 fully saturated rings. The number of thiophene rings is 4. The standard InChI is InChI=1S/C22H14Br2S6/c23-13-1-3-25-15(13)5-11-7-17-19(27-11)9-21(29-17)22-10-20-18(30-22)8-12(28-20)6-16-14(24)2-4-26-16/h1-4,7-10,17,19H,5-6H2. The lowest BCUT2D eigenvalue weighted by Crippen LogP contribution is -2.04. The Balaban J connectivity index is 1.16. The van der Waals surface area contributed by atoms with Crippen LogP contribution >= 0.6 is 101 Å². The lowest BCUT2D eigenvalue weighted by molar-refractivity contribution is 1.14. The molecule has 0 amide bonds. The Hall–Kier alpha value is 0.200. The molecule has 6 rings (SSSR count). The fourth-order valence-corrected chi connectivity index (χ4v) is 12.4. The maximum absolute atomic E-state index is 3.67. The summed E-state index contributed by atoms with van der Waals surface area (Å²) in [5.74, 6) is 0. The summed E-state index contributed by atoms with van der Waals surface area (Å²) in [7, 11) is 0. The van der Waals surface area contributed by atoms with E-state index in [1.165, 1.54) is 47.7 Å². The molecular weight excluding hydrogens is 616 g/mol. The van der Waals surface area contributed by atoms with Crippen LogP contribution in [0.5, 0.6) is 0 Å². The van der Waals surface area contributed by atoms with Gasteiger partial charge in [-0.25, -0.2) is 0 Å². The van der Waals surface area contributed by atoms with E-state index in [1.807, 2.05) is 57.1 Å². The molecule has 8 heteroatoms. The van der Waals surface area contributed by atoms with E-state index in [9.17, 15) is 0 Å². The lowest BCUT2D eigenvalue weighted by atomic mass is 10.2. The van der Waals surface area contributed by atoms with Crippen LogP contribution in [0.25, 0.3) is 14.3 Å². The first-order valence-electron chi connectivity index (χ1n) is 9.34. The number of halogens is 2. The van der Waals surface area contributed by atoms with Crippen LogP contribution in [0.2, 0.25) is 0 Å². The maximum atomic E-state index is 3.67. The molecule has 0 saturated heterocycles. The van der Waals surface area contributed by atoms with Gasteiger partial charge in [0.2, 0.25) is 0 Å². The van der Waals surface area contributed by atoms with E-state index < -0.39 is 0 Å². The van der Waals surface area contributed by atoms with Gasteiger partial charge in [-0.3, -0.25) is 0 Å². The Morgan fingerprint density at radius 3 is 2.13 bits per heavy atom. The van der Waals surface area contributed by atoms with Crippen LogP contribution in [0.1, 0.15) is 19.5 Å². The molecule has 2 atom stereocenters. The third-order valence-corrected chi connectivity index (χ3v) is 14.2. The van der Waals surface area contributed by atoms with E-state index in [4.69, 9.17) is 0 Å². The fraction of sp³-hybridized carbons (Fsp3) is 0.182.